The number of thioether (sulfide) groups is 1. The number of nitrogen functional groups attached to an aromatic ring is 1. The predicted molar refractivity (Wildman–Crippen MR) is 61.7 cm³/mol. The molecular formula is C10H11N3O2S. The first-order chi connectivity index (χ1) is 7.66. The maximum Gasteiger partial charge on any atom is 0.288 e. The lowest BCUT2D eigenvalue weighted by atomic mass is 10.2. The minimum absolute atomic E-state index is 0.126. The largest absolute Gasteiger partial charge is 0.384 e. The number of hydrogen-bond acceptors (Lipinski definition) is 5. The van der Waals surface area contributed by atoms with Crippen LogP contribution in [0.4, 0.5) is 10.6 Å². The fourth-order valence-corrected chi connectivity index (χ4v) is 2.24. The molecule has 0 aliphatic carbocycles. The number of imide groups is 1. The van der Waals surface area contributed by atoms with Crippen molar-refractivity contribution in [3.8, 4) is 0 Å². The summed E-state index contributed by atoms with van der Waals surface area (Å²) in [6.07, 6.45) is 1.98. The van der Waals surface area contributed by atoms with Gasteiger partial charge in [-0.2, -0.15) is 0 Å². The summed E-state index contributed by atoms with van der Waals surface area (Å²) in [5.41, 5.74) is 6.34. The van der Waals surface area contributed by atoms with Crippen molar-refractivity contribution in [2.45, 2.75) is 13.0 Å². The van der Waals surface area contributed by atoms with E-state index < -0.39 is 0 Å². The summed E-state index contributed by atoms with van der Waals surface area (Å²) in [6.45, 7) is 0.275. The van der Waals surface area contributed by atoms with Crippen LogP contribution in [0, 0.1) is 0 Å². The van der Waals surface area contributed by atoms with Gasteiger partial charge in [-0.15, -0.1) is 0 Å². The van der Waals surface area contributed by atoms with Crippen LogP contribution in [-0.4, -0.2) is 26.8 Å². The number of carbonyl (C=O) groups is 2. The van der Waals surface area contributed by atoms with Gasteiger partial charge in [0, 0.05) is 18.4 Å². The molecule has 1 aromatic rings. The third-order valence-electron chi connectivity index (χ3n) is 2.25. The molecule has 2 amide bonds. The highest BCUT2D eigenvalue weighted by Crippen LogP contribution is 2.20. The lowest BCUT2D eigenvalue weighted by Gasteiger charge is -2.24. The van der Waals surface area contributed by atoms with Gasteiger partial charge in [-0.3, -0.25) is 14.5 Å². The molecule has 5 nitrogen and oxygen atoms in total. The van der Waals surface area contributed by atoms with Crippen LogP contribution in [0.1, 0.15) is 12.0 Å². The number of pyridine rings is 1. The van der Waals surface area contributed by atoms with E-state index >= 15 is 0 Å². The Bertz CT molecular complexity index is 420. The molecule has 2 rings (SSSR count). The number of nitrogens with two attached hydrogens (primary N) is 1. The van der Waals surface area contributed by atoms with Crippen LogP contribution in [0.3, 0.4) is 0 Å². The molecule has 84 valence electrons. The summed E-state index contributed by atoms with van der Waals surface area (Å²) < 4.78 is 0. The first-order valence-electron chi connectivity index (χ1n) is 4.84. The van der Waals surface area contributed by atoms with Crippen molar-refractivity contribution in [1.29, 1.82) is 0 Å². The Balaban J connectivity index is 2.13. The lowest BCUT2D eigenvalue weighted by molar-refractivity contribution is -0.128. The number of carbonyl (C=O) groups excluding carboxylic acids is 2. The molecule has 0 unspecified atom stereocenters. The Morgan fingerprint density at radius 3 is 3.00 bits per heavy atom. The van der Waals surface area contributed by atoms with Gasteiger partial charge < -0.3 is 5.73 Å². The van der Waals surface area contributed by atoms with Crippen LogP contribution in [0.5, 0.6) is 0 Å². The smallest absolute Gasteiger partial charge is 0.288 e. The van der Waals surface area contributed by atoms with Gasteiger partial charge in [0.05, 0.1) is 6.54 Å². The van der Waals surface area contributed by atoms with Gasteiger partial charge >= 0.3 is 0 Å². The van der Waals surface area contributed by atoms with E-state index in [-0.39, 0.29) is 17.7 Å². The minimum Gasteiger partial charge on any atom is -0.384 e. The SMILES string of the molecule is Nc1cc(CN2C(=O)CCSC2=O)ccn1. The van der Waals surface area contributed by atoms with Crippen LogP contribution in [0.15, 0.2) is 18.3 Å². The number of nitrogens with zero attached hydrogens (tertiary/aromatic N) is 2. The van der Waals surface area contributed by atoms with Crippen LogP contribution < -0.4 is 5.73 Å². The molecule has 0 saturated carbocycles. The van der Waals surface area contributed by atoms with E-state index in [2.05, 4.69) is 4.98 Å². The standard InChI is InChI=1S/C10H11N3O2S/c11-8-5-7(1-3-12-8)6-13-9(14)2-4-16-10(13)15/h1,3,5H,2,4,6H2,(H2,11,12). The molecule has 0 radical (unpaired) electrons. The molecule has 0 bridgehead atoms. The van der Waals surface area contributed by atoms with Gasteiger partial charge in [-0.1, -0.05) is 11.8 Å². The second-order valence-corrected chi connectivity index (χ2v) is 4.48. The molecular weight excluding hydrogens is 226 g/mol. The molecule has 6 heteroatoms. The molecule has 1 aliphatic rings. The Morgan fingerprint density at radius 1 is 1.50 bits per heavy atom. The van der Waals surface area contributed by atoms with E-state index in [0.29, 0.717) is 18.0 Å². The van der Waals surface area contributed by atoms with Crippen molar-refractivity contribution in [3.63, 3.8) is 0 Å². The Labute approximate surface area is 97.0 Å². The first-order valence-corrected chi connectivity index (χ1v) is 5.83. The number of aromatic nitrogens is 1. The van der Waals surface area contributed by atoms with Crippen LogP contribution >= 0.6 is 11.8 Å². The van der Waals surface area contributed by atoms with Gasteiger partial charge in [0.2, 0.25) is 5.91 Å². The topological polar surface area (TPSA) is 76.3 Å². The highest BCUT2D eigenvalue weighted by molar-refractivity contribution is 8.13. The van der Waals surface area contributed by atoms with Crippen LogP contribution in [0.25, 0.3) is 0 Å². The molecule has 1 fully saturated rings. The maximum atomic E-state index is 11.5. The van der Waals surface area contributed by atoms with E-state index in [1.54, 1.807) is 18.3 Å². The van der Waals surface area contributed by atoms with Crippen molar-refractivity contribution >= 4 is 28.7 Å². The number of rotatable bonds is 2. The first kappa shape index (κ1) is 10.9. The van der Waals surface area contributed by atoms with E-state index in [4.69, 9.17) is 5.73 Å². The van der Waals surface area contributed by atoms with E-state index in [1.807, 2.05) is 0 Å². The van der Waals surface area contributed by atoms with Crippen LogP contribution in [-0.2, 0) is 11.3 Å². The minimum atomic E-state index is -0.188. The molecule has 1 saturated heterocycles. The Morgan fingerprint density at radius 2 is 2.31 bits per heavy atom. The van der Waals surface area contributed by atoms with Gasteiger partial charge in [0.25, 0.3) is 5.24 Å². The summed E-state index contributed by atoms with van der Waals surface area (Å²) in [5, 5.41) is -0.188. The van der Waals surface area contributed by atoms with E-state index in [0.717, 1.165) is 5.56 Å². The summed E-state index contributed by atoms with van der Waals surface area (Å²) in [4.78, 5) is 28.2. The maximum absolute atomic E-state index is 11.5. The summed E-state index contributed by atoms with van der Waals surface area (Å²) in [5.74, 6) is 0.841. The molecule has 2 N–H and O–H groups in total. The predicted octanol–water partition coefficient (Wildman–Crippen LogP) is 1.25. The van der Waals surface area contributed by atoms with Gasteiger partial charge in [-0.25, -0.2) is 4.98 Å². The van der Waals surface area contributed by atoms with E-state index in [9.17, 15) is 9.59 Å². The zero-order chi connectivity index (χ0) is 11.5. The number of hydrogen-bond donors (Lipinski definition) is 1. The highest BCUT2D eigenvalue weighted by atomic mass is 32.2. The summed E-state index contributed by atoms with van der Waals surface area (Å²) in [6, 6.07) is 3.41. The third kappa shape index (κ3) is 2.33. The van der Waals surface area contributed by atoms with Crippen molar-refractivity contribution < 1.29 is 9.59 Å². The summed E-state index contributed by atoms with van der Waals surface area (Å²) in [7, 11) is 0. The monoisotopic (exact) mass is 237 g/mol. The normalized spacial score (nSPS) is 16.6. The summed E-state index contributed by atoms with van der Waals surface area (Å²) >= 11 is 1.17. The van der Waals surface area contributed by atoms with Gasteiger partial charge in [0.15, 0.2) is 0 Å². The van der Waals surface area contributed by atoms with E-state index in [1.165, 1.54) is 16.7 Å². The molecule has 0 aromatic carbocycles. The average molecular weight is 237 g/mol. The van der Waals surface area contributed by atoms with Crippen molar-refractivity contribution in [2.24, 2.45) is 0 Å². The Kier molecular flexibility index (Phi) is 3.09. The quantitative estimate of drug-likeness (QED) is 0.837. The molecule has 2 heterocycles. The molecule has 0 spiro atoms. The molecule has 0 atom stereocenters. The Hall–Kier alpha value is -1.56. The van der Waals surface area contributed by atoms with Crippen molar-refractivity contribution in [1.82, 2.24) is 9.88 Å². The second kappa shape index (κ2) is 4.52. The van der Waals surface area contributed by atoms with Crippen molar-refractivity contribution in [2.75, 3.05) is 11.5 Å². The second-order valence-electron chi connectivity index (χ2n) is 3.43. The van der Waals surface area contributed by atoms with Crippen LogP contribution in [0.2, 0.25) is 0 Å². The fraction of sp³-hybridized carbons (Fsp3) is 0.300. The zero-order valence-corrected chi connectivity index (χ0v) is 9.37. The molecule has 1 aromatic heterocycles. The number of anilines is 1. The van der Waals surface area contributed by atoms with Gasteiger partial charge in [-0.05, 0) is 17.7 Å². The molecule has 16 heavy (non-hydrogen) atoms. The van der Waals surface area contributed by atoms with Gasteiger partial charge in [0.1, 0.15) is 5.82 Å². The lowest BCUT2D eigenvalue weighted by Crippen LogP contribution is -2.37. The number of amides is 2. The van der Waals surface area contributed by atoms with Crippen molar-refractivity contribution in [3.05, 3.63) is 23.9 Å². The fourth-order valence-electron chi connectivity index (χ4n) is 1.47. The highest BCUT2D eigenvalue weighted by Gasteiger charge is 2.26. The average Bonchev–Trinajstić information content (AvgIpc) is 2.24. The third-order valence-corrected chi connectivity index (χ3v) is 3.12. The zero-order valence-electron chi connectivity index (χ0n) is 8.55. The molecule has 1 aliphatic heterocycles.